The van der Waals surface area contributed by atoms with Gasteiger partial charge in [-0.2, -0.15) is 0 Å². The second-order valence-corrected chi connectivity index (χ2v) is 5.58. The van der Waals surface area contributed by atoms with Crippen LogP contribution in [0, 0.1) is 11.7 Å². The minimum atomic E-state index is -0.0486. The average Bonchev–Trinajstić information content (AvgIpc) is 2.81. The molecule has 2 nitrogen and oxygen atoms in total. The third-order valence-electron chi connectivity index (χ3n) is 4.16. The van der Waals surface area contributed by atoms with Crippen molar-refractivity contribution in [2.24, 2.45) is 5.92 Å². The molecule has 3 rings (SSSR count). The van der Waals surface area contributed by atoms with E-state index in [4.69, 9.17) is 4.74 Å². The highest BCUT2D eigenvalue weighted by molar-refractivity contribution is 5.43. The van der Waals surface area contributed by atoms with Gasteiger partial charge in [-0.25, -0.2) is 4.39 Å². The number of hydrogen-bond donors (Lipinski definition) is 0. The first kappa shape index (κ1) is 12.0. The van der Waals surface area contributed by atoms with Crippen LogP contribution in [0.15, 0.2) is 12.1 Å². The Morgan fingerprint density at radius 1 is 1.44 bits per heavy atom. The summed E-state index contributed by atoms with van der Waals surface area (Å²) < 4.78 is 19.6. The molecule has 3 heteroatoms. The third-order valence-corrected chi connectivity index (χ3v) is 4.16. The standard InChI is InChI=1S/C15H20FNO/c1-17-7-2-3-11(10-17)9-13-12-6-8-18-15(12)5-4-14(13)16/h4-5,11H,2-3,6-10H2,1H3. The van der Waals surface area contributed by atoms with E-state index < -0.39 is 0 Å². The van der Waals surface area contributed by atoms with Crippen LogP contribution in [0.1, 0.15) is 24.0 Å². The van der Waals surface area contributed by atoms with Crippen LogP contribution in [0.3, 0.4) is 0 Å². The van der Waals surface area contributed by atoms with Crippen molar-refractivity contribution in [3.8, 4) is 5.75 Å². The van der Waals surface area contributed by atoms with Gasteiger partial charge in [-0.15, -0.1) is 0 Å². The maximum atomic E-state index is 14.0. The maximum absolute atomic E-state index is 14.0. The molecule has 0 bridgehead atoms. The number of rotatable bonds is 2. The Labute approximate surface area is 108 Å². The minimum absolute atomic E-state index is 0.0486. The molecule has 0 amide bonds. The smallest absolute Gasteiger partial charge is 0.126 e. The summed E-state index contributed by atoms with van der Waals surface area (Å²) in [6.07, 6.45) is 4.18. The molecule has 98 valence electrons. The molecule has 1 atom stereocenters. The molecule has 0 aliphatic carbocycles. The van der Waals surface area contributed by atoms with Gasteiger partial charge in [-0.05, 0) is 56.5 Å². The molecule has 1 aromatic carbocycles. The molecule has 1 aromatic rings. The highest BCUT2D eigenvalue weighted by Gasteiger charge is 2.24. The van der Waals surface area contributed by atoms with E-state index >= 15 is 0 Å². The number of halogens is 1. The van der Waals surface area contributed by atoms with E-state index in [1.54, 1.807) is 12.1 Å². The SMILES string of the molecule is CN1CCCC(Cc2c(F)ccc3c2CCO3)C1. The molecule has 0 radical (unpaired) electrons. The summed E-state index contributed by atoms with van der Waals surface area (Å²) in [4.78, 5) is 2.35. The predicted molar refractivity (Wildman–Crippen MR) is 69.5 cm³/mol. The summed E-state index contributed by atoms with van der Waals surface area (Å²) in [5.74, 6) is 1.44. The van der Waals surface area contributed by atoms with Gasteiger partial charge in [-0.3, -0.25) is 0 Å². The van der Waals surface area contributed by atoms with Crippen LogP contribution in [0.2, 0.25) is 0 Å². The summed E-state index contributed by atoms with van der Waals surface area (Å²) in [6, 6.07) is 3.33. The zero-order valence-corrected chi connectivity index (χ0v) is 10.9. The molecule has 1 unspecified atom stereocenters. The Bertz CT molecular complexity index is 446. The fourth-order valence-corrected chi connectivity index (χ4v) is 3.26. The number of ether oxygens (including phenoxy) is 1. The Balaban J connectivity index is 1.82. The molecule has 18 heavy (non-hydrogen) atoms. The van der Waals surface area contributed by atoms with Crippen LogP contribution in [0.4, 0.5) is 4.39 Å². The Kier molecular flexibility index (Phi) is 3.25. The molecular weight excluding hydrogens is 229 g/mol. The molecular formula is C15H20FNO. The Morgan fingerprint density at radius 3 is 3.17 bits per heavy atom. The van der Waals surface area contributed by atoms with Gasteiger partial charge in [0.1, 0.15) is 11.6 Å². The number of nitrogens with zero attached hydrogens (tertiary/aromatic N) is 1. The quantitative estimate of drug-likeness (QED) is 0.799. The summed E-state index contributed by atoms with van der Waals surface area (Å²) in [6.45, 7) is 2.97. The molecule has 0 saturated carbocycles. The monoisotopic (exact) mass is 249 g/mol. The highest BCUT2D eigenvalue weighted by atomic mass is 19.1. The van der Waals surface area contributed by atoms with Crippen molar-refractivity contribution >= 4 is 0 Å². The average molecular weight is 249 g/mol. The first-order valence-corrected chi connectivity index (χ1v) is 6.85. The fraction of sp³-hybridized carbons (Fsp3) is 0.600. The number of benzene rings is 1. The zero-order valence-electron chi connectivity index (χ0n) is 10.9. The second-order valence-electron chi connectivity index (χ2n) is 5.58. The van der Waals surface area contributed by atoms with E-state index in [2.05, 4.69) is 11.9 Å². The molecule has 1 fully saturated rings. The normalized spacial score (nSPS) is 23.8. The topological polar surface area (TPSA) is 12.5 Å². The first-order valence-electron chi connectivity index (χ1n) is 6.85. The van der Waals surface area contributed by atoms with Crippen LogP contribution < -0.4 is 4.74 Å². The van der Waals surface area contributed by atoms with Crippen molar-refractivity contribution in [2.75, 3.05) is 26.7 Å². The Morgan fingerprint density at radius 2 is 2.33 bits per heavy atom. The molecule has 2 aliphatic heterocycles. The lowest BCUT2D eigenvalue weighted by Gasteiger charge is -2.30. The van der Waals surface area contributed by atoms with Gasteiger partial charge >= 0.3 is 0 Å². The summed E-state index contributed by atoms with van der Waals surface area (Å²) in [5, 5.41) is 0. The van der Waals surface area contributed by atoms with Crippen LogP contribution in [-0.4, -0.2) is 31.6 Å². The number of piperidine rings is 1. The van der Waals surface area contributed by atoms with E-state index in [0.717, 1.165) is 36.3 Å². The van der Waals surface area contributed by atoms with E-state index in [-0.39, 0.29) is 5.82 Å². The molecule has 1 saturated heterocycles. The molecule has 2 heterocycles. The van der Waals surface area contributed by atoms with Crippen molar-refractivity contribution in [1.82, 2.24) is 4.90 Å². The van der Waals surface area contributed by atoms with Crippen molar-refractivity contribution in [2.45, 2.75) is 25.7 Å². The van der Waals surface area contributed by atoms with Gasteiger partial charge in [0, 0.05) is 18.5 Å². The number of likely N-dealkylation sites (tertiary alicyclic amines) is 1. The Hall–Kier alpha value is -1.09. The van der Waals surface area contributed by atoms with E-state index in [1.165, 1.54) is 19.4 Å². The van der Waals surface area contributed by atoms with Gasteiger partial charge in [0.25, 0.3) is 0 Å². The van der Waals surface area contributed by atoms with Crippen LogP contribution in [0.25, 0.3) is 0 Å². The van der Waals surface area contributed by atoms with Crippen molar-refractivity contribution in [3.05, 3.63) is 29.1 Å². The van der Waals surface area contributed by atoms with Gasteiger partial charge in [0.15, 0.2) is 0 Å². The predicted octanol–water partition coefficient (Wildman–Crippen LogP) is 2.64. The molecule has 0 aromatic heterocycles. The van der Waals surface area contributed by atoms with Crippen molar-refractivity contribution in [1.29, 1.82) is 0 Å². The summed E-state index contributed by atoms with van der Waals surface area (Å²) in [7, 11) is 2.15. The van der Waals surface area contributed by atoms with Gasteiger partial charge in [-0.1, -0.05) is 0 Å². The highest BCUT2D eigenvalue weighted by Crippen LogP contribution is 2.32. The summed E-state index contributed by atoms with van der Waals surface area (Å²) in [5.41, 5.74) is 2.02. The van der Waals surface area contributed by atoms with E-state index in [9.17, 15) is 4.39 Å². The van der Waals surface area contributed by atoms with Crippen LogP contribution in [-0.2, 0) is 12.8 Å². The lowest BCUT2D eigenvalue weighted by molar-refractivity contribution is 0.208. The second kappa shape index (κ2) is 4.88. The molecule has 2 aliphatic rings. The van der Waals surface area contributed by atoms with Gasteiger partial charge < -0.3 is 9.64 Å². The van der Waals surface area contributed by atoms with Gasteiger partial charge in [0.2, 0.25) is 0 Å². The van der Waals surface area contributed by atoms with Gasteiger partial charge in [0.05, 0.1) is 6.61 Å². The van der Waals surface area contributed by atoms with E-state index in [1.807, 2.05) is 0 Å². The maximum Gasteiger partial charge on any atom is 0.126 e. The largest absolute Gasteiger partial charge is 0.493 e. The minimum Gasteiger partial charge on any atom is -0.493 e. The lowest BCUT2D eigenvalue weighted by Crippen LogP contribution is -2.33. The third kappa shape index (κ3) is 2.24. The van der Waals surface area contributed by atoms with Crippen molar-refractivity contribution < 1.29 is 9.13 Å². The van der Waals surface area contributed by atoms with Crippen molar-refractivity contribution in [3.63, 3.8) is 0 Å². The van der Waals surface area contributed by atoms with Crippen LogP contribution >= 0.6 is 0 Å². The zero-order chi connectivity index (χ0) is 12.5. The number of fused-ring (bicyclic) bond motifs is 1. The van der Waals surface area contributed by atoms with Crippen LogP contribution in [0.5, 0.6) is 5.75 Å². The molecule has 0 spiro atoms. The summed E-state index contributed by atoms with van der Waals surface area (Å²) >= 11 is 0. The fourth-order valence-electron chi connectivity index (χ4n) is 3.26. The number of hydrogen-bond acceptors (Lipinski definition) is 2. The first-order chi connectivity index (χ1) is 8.74. The molecule has 0 N–H and O–H groups in total. The van der Waals surface area contributed by atoms with E-state index in [0.29, 0.717) is 12.5 Å². The lowest BCUT2D eigenvalue weighted by atomic mass is 9.89.